The summed E-state index contributed by atoms with van der Waals surface area (Å²) < 4.78 is 76.0. The molecule has 0 saturated heterocycles. The Morgan fingerprint density at radius 2 is 1.82 bits per heavy atom. The van der Waals surface area contributed by atoms with Crippen LogP contribution in [0.4, 0.5) is 22.0 Å². The van der Waals surface area contributed by atoms with Crippen LogP contribution in [-0.4, -0.2) is 24.6 Å². The van der Waals surface area contributed by atoms with E-state index in [1.165, 1.54) is 30.5 Å². The van der Waals surface area contributed by atoms with Crippen LogP contribution in [0.3, 0.4) is 0 Å². The molecule has 28 heavy (non-hydrogen) atoms. The van der Waals surface area contributed by atoms with Gasteiger partial charge in [-0.1, -0.05) is 13.8 Å². The second-order valence-electron chi connectivity index (χ2n) is 6.50. The first-order valence-electron chi connectivity index (χ1n) is 8.14. The van der Waals surface area contributed by atoms with Gasteiger partial charge in [-0.15, -0.1) is 10.2 Å². The van der Waals surface area contributed by atoms with Gasteiger partial charge in [-0.3, -0.25) is 4.40 Å². The van der Waals surface area contributed by atoms with E-state index < -0.39 is 29.3 Å². The molecule has 0 aliphatic carbocycles. The largest absolute Gasteiger partial charge is 0.422 e. The quantitative estimate of drug-likeness (QED) is 0.469. The molecule has 0 aliphatic rings. The maximum Gasteiger partial charge on any atom is 0.417 e. The number of rotatable bonds is 3. The van der Waals surface area contributed by atoms with Crippen molar-refractivity contribution in [2.24, 2.45) is 5.92 Å². The zero-order chi connectivity index (χ0) is 20.3. The van der Waals surface area contributed by atoms with Gasteiger partial charge in [0.15, 0.2) is 0 Å². The van der Waals surface area contributed by atoms with Crippen molar-refractivity contribution >= 4 is 16.7 Å². The number of fused-ring (bicyclic) bond motifs is 3. The second-order valence-corrected chi connectivity index (χ2v) is 6.50. The van der Waals surface area contributed by atoms with Gasteiger partial charge in [-0.25, -0.2) is 9.97 Å². The average Bonchev–Trinajstić information content (AvgIpc) is 3.28. The highest BCUT2D eigenvalue weighted by Crippen LogP contribution is 2.41. The molecule has 0 amide bonds. The standard InChI is InChI=1S/C17H12F5N5O/c1-8(2)16(18,19)12-5-10(17(20,21)22)9-3-4-13-24-11(15-26-23-7-28-15)6-27(13)14(9)25-12/h3-8H,1-2H3. The number of pyridine rings is 2. The van der Waals surface area contributed by atoms with Crippen molar-refractivity contribution in [3.05, 3.63) is 42.0 Å². The molecule has 0 unspecified atom stereocenters. The lowest BCUT2D eigenvalue weighted by Gasteiger charge is -2.22. The SMILES string of the molecule is CC(C)C(F)(F)c1cc(C(F)(F)F)c2ccc3nc(-c4nnco4)cn3c2n1. The van der Waals surface area contributed by atoms with E-state index in [9.17, 15) is 22.0 Å². The van der Waals surface area contributed by atoms with E-state index >= 15 is 0 Å². The van der Waals surface area contributed by atoms with Crippen LogP contribution in [0.25, 0.3) is 28.3 Å². The molecule has 4 aromatic heterocycles. The molecule has 0 aromatic carbocycles. The van der Waals surface area contributed by atoms with Gasteiger partial charge in [-0.2, -0.15) is 22.0 Å². The Kier molecular flexibility index (Phi) is 3.88. The Morgan fingerprint density at radius 3 is 2.43 bits per heavy atom. The molecule has 11 heteroatoms. The van der Waals surface area contributed by atoms with E-state index in [0.717, 1.165) is 12.5 Å². The molecule has 0 aliphatic heterocycles. The number of imidazole rings is 1. The van der Waals surface area contributed by atoms with Crippen LogP contribution >= 0.6 is 0 Å². The van der Waals surface area contributed by atoms with Crippen LogP contribution < -0.4 is 0 Å². The fourth-order valence-electron chi connectivity index (χ4n) is 2.82. The summed E-state index contributed by atoms with van der Waals surface area (Å²) in [6, 6.07) is 2.89. The lowest BCUT2D eigenvalue weighted by molar-refractivity contribution is -0.136. The third-order valence-electron chi connectivity index (χ3n) is 4.35. The van der Waals surface area contributed by atoms with Gasteiger partial charge in [0.05, 0.1) is 5.56 Å². The summed E-state index contributed by atoms with van der Waals surface area (Å²) in [6.45, 7) is 2.43. The monoisotopic (exact) mass is 397 g/mol. The molecule has 0 fully saturated rings. The Hall–Kier alpha value is -3.11. The third-order valence-corrected chi connectivity index (χ3v) is 4.35. The number of hydrogen-bond donors (Lipinski definition) is 0. The van der Waals surface area contributed by atoms with Crippen LogP contribution in [0.5, 0.6) is 0 Å². The van der Waals surface area contributed by atoms with Crippen molar-refractivity contribution < 1.29 is 26.4 Å². The molecule has 0 bridgehead atoms. The second kappa shape index (κ2) is 5.94. The summed E-state index contributed by atoms with van der Waals surface area (Å²) in [5.74, 6) is -4.75. The summed E-state index contributed by atoms with van der Waals surface area (Å²) in [6.07, 6.45) is -2.46. The Balaban J connectivity index is 2.07. The summed E-state index contributed by atoms with van der Waals surface area (Å²) in [4.78, 5) is 8.05. The normalized spacial score (nSPS) is 13.1. The summed E-state index contributed by atoms with van der Waals surface area (Å²) >= 11 is 0. The number of halogens is 5. The van der Waals surface area contributed by atoms with Gasteiger partial charge >= 0.3 is 6.18 Å². The lowest BCUT2D eigenvalue weighted by Crippen LogP contribution is -2.24. The molecule has 0 saturated carbocycles. The Labute approximate surface area is 154 Å². The van der Waals surface area contributed by atoms with Gasteiger partial charge in [0.25, 0.3) is 11.8 Å². The highest BCUT2D eigenvalue weighted by Gasteiger charge is 2.41. The van der Waals surface area contributed by atoms with Crippen LogP contribution in [0.1, 0.15) is 25.1 Å². The van der Waals surface area contributed by atoms with Crippen LogP contribution in [-0.2, 0) is 12.1 Å². The van der Waals surface area contributed by atoms with Gasteiger partial charge in [0.1, 0.15) is 22.7 Å². The van der Waals surface area contributed by atoms with E-state index in [1.807, 2.05) is 0 Å². The molecule has 4 heterocycles. The predicted molar refractivity (Wildman–Crippen MR) is 87.5 cm³/mol. The Morgan fingerprint density at radius 1 is 1.07 bits per heavy atom. The van der Waals surface area contributed by atoms with Crippen molar-refractivity contribution in [1.82, 2.24) is 24.6 Å². The molecule has 0 spiro atoms. The van der Waals surface area contributed by atoms with Gasteiger partial charge in [0, 0.05) is 17.5 Å². The molecule has 6 nitrogen and oxygen atoms in total. The fourth-order valence-corrected chi connectivity index (χ4v) is 2.82. The maximum atomic E-state index is 14.5. The Bertz CT molecular complexity index is 1160. The number of nitrogens with zero attached hydrogens (tertiary/aromatic N) is 5. The van der Waals surface area contributed by atoms with Crippen LogP contribution in [0.15, 0.2) is 35.2 Å². The van der Waals surface area contributed by atoms with Crippen molar-refractivity contribution in [3.63, 3.8) is 0 Å². The van der Waals surface area contributed by atoms with Crippen molar-refractivity contribution in [2.45, 2.75) is 25.9 Å². The molecular weight excluding hydrogens is 385 g/mol. The van der Waals surface area contributed by atoms with Crippen LogP contribution in [0.2, 0.25) is 0 Å². The molecule has 0 atom stereocenters. The predicted octanol–water partition coefficient (Wildman–Crippen LogP) is 4.70. The molecule has 4 aromatic rings. The van der Waals surface area contributed by atoms with E-state index in [2.05, 4.69) is 20.2 Å². The molecule has 146 valence electrons. The summed E-state index contributed by atoms with van der Waals surface area (Å²) in [5.41, 5.74) is -2.06. The minimum absolute atomic E-state index is 0.0385. The van der Waals surface area contributed by atoms with Gasteiger partial charge in [0.2, 0.25) is 6.39 Å². The molecule has 4 rings (SSSR count). The first-order chi connectivity index (χ1) is 13.1. The molecule has 0 radical (unpaired) electrons. The van der Waals surface area contributed by atoms with Gasteiger partial charge in [-0.05, 0) is 18.2 Å². The minimum Gasteiger partial charge on any atom is -0.422 e. The van der Waals surface area contributed by atoms with E-state index in [4.69, 9.17) is 4.42 Å². The molecule has 0 N–H and O–H groups in total. The first kappa shape index (κ1) is 18.3. The number of aromatic nitrogens is 5. The molecular formula is C17H12F5N5O. The van der Waals surface area contributed by atoms with Crippen LogP contribution in [0, 0.1) is 5.92 Å². The van der Waals surface area contributed by atoms with Crippen molar-refractivity contribution in [2.75, 3.05) is 0 Å². The van der Waals surface area contributed by atoms with E-state index in [-0.39, 0.29) is 28.3 Å². The number of hydrogen-bond acceptors (Lipinski definition) is 5. The lowest BCUT2D eigenvalue weighted by atomic mass is 9.99. The van der Waals surface area contributed by atoms with Crippen molar-refractivity contribution in [1.29, 1.82) is 0 Å². The zero-order valence-electron chi connectivity index (χ0n) is 14.5. The average molecular weight is 397 g/mol. The minimum atomic E-state index is -4.84. The maximum absolute atomic E-state index is 14.5. The van der Waals surface area contributed by atoms with Crippen molar-refractivity contribution in [3.8, 4) is 11.6 Å². The summed E-state index contributed by atoms with van der Waals surface area (Å²) in [7, 11) is 0. The van der Waals surface area contributed by atoms with E-state index in [0.29, 0.717) is 6.07 Å². The highest BCUT2D eigenvalue weighted by atomic mass is 19.4. The summed E-state index contributed by atoms with van der Waals surface area (Å²) in [5, 5.41) is 6.88. The smallest absolute Gasteiger partial charge is 0.417 e. The third kappa shape index (κ3) is 2.77. The fraction of sp³-hybridized carbons (Fsp3) is 0.294. The van der Waals surface area contributed by atoms with Gasteiger partial charge < -0.3 is 4.42 Å². The zero-order valence-corrected chi connectivity index (χ0v) is 14.5. The highest BCUT2D eigenvalue weighted by molar-refractivity contribution is 5.83. The topological polar surface area (TPSA) is 69.1 Å². The first-order valence-corrected chi connectivity index (χ1v) is 8.14. The van der Waals surface area contributed by atoms with E-state index in [1.54, 1.807) is 0 Å². The number of alkyl halides is 5.